The maximum absolute atomic E-state index is 12.5. The highest BCUT2D eigenvalue weighted by Gasteiger charge is 2.40. The number of benzene rings is 1. The lowest BCUT2D eigenvalue weighted by Crippen LogP contribution is -2.29. The zero-order chi connectivity index (χ0) is 22.0. The summed E-state index contributed by atoms with van der Waals surface area (Å²) in [6.45, 7) is -0.531. The Hall–Kier alpha value is -3.66. The maximum Gasteiger partial charge on any atom is 0.340 e. The number of aliphatic hydroxyl groups excluding tert-OH is 1. The number of nitrogens with two attached hydrogens (primary N) is 1. The van der Waals surface area contributed by atoms with E-state index in [4.69, 9.17) is 33.8 Å². The van der Waals surface area contributed by atoms with Crippen LogP contribution in [0.15, 0.2) is 38.9 Å². The number of hydrogen-bond donors (Lipinski definition) is 2. The van der Waals surface area contributed by atoms with Crippen LogP contribution in [0.1, 0.15) is 23.0 Å². The predicted octanol–water partition coefficient (Wildman–Crippen LogP) is 1.03. The number of fused-ring (bicyclic) bond motifs is 1. The van der Waals surface area contributed by atoms with Gasteiger partial charge in [-0.2, -0.15) is 0 Å². The number of rotatable bonds is 6. The summed E-state index contributed by atoms with van der Waals surface area (Å²) in [5, 5.41) is 9.47. The average molecular weight is 419 g/mol. The second-order valence-corrected chi connectivity index (χ2v) is 6.19. The van der Waals surface area contributed by atoms with Crippen LogP contribution in [0.3, 0.4) is 0 Å². The Labute approximate surface area is 171 Å². The molecule has 1 aromatic heterocycles. The molecule has 2 heterocycles. The fourth-order valence-corrected chi connectivity index (χ4v) is 3.27. The molecular formula is C20H21NO9. The molecule has 0 amide bonds. The number of hydrogen-bond acceptors (Lipinski definition) is 10. The Bertz CT molecular complexity index is 1050. The van der Waals surface area contributed by atoms with Crippen molar-refractivity contribution in [2.45, 2.75) is 12.5 Å². The average Bonchev–Trinajstić information content (AvgIpc) is 2.76. The lowest BCUT2D eigenvalue weighted by Gasteiger charge is -2.27. The third-order valence-corrected chi connectivity index (χ3v) is 4.59. The first-order valence-corrected chi connectivity index (χ1v) is 8.73. The van der Waals surface area contributed by atoms with Gasteiger partial charge in [0.2, 0.25) is 22.8 Å². The molecule has 1 aromatic carbocycles. The first-order chi connectivity index (χ1) is 14.4. The minimum atomic E-state index is -1.01. The summed E-state index contributed by atoms with van der Waals surface area (Å²) >= 11 is 0. The summed E-state index contributed by atoms with van der Waals surface area (Å²) in [5.74, 6) is -1.37. The summed E-state index contributed by atoms with van der Waals surface area (Å²) in [4.78, 5) is 25.0. The van der Waals surface area contributed by atoms with Crippen molar-refractivity contribution in [1.82, 2.24) is 0 Å². The number of carbonyl (C=O) groups excluding carboxylic acids is 1. The highest BCUT2D eigenvalue weighted by Crippen LogP contribution is 2.46. The number of carbonyl (C=O) groups is 1. The minimum absolute atomic E-state index is 0.00974. The van der Waals surface area contributed by atoms with Crippen molar-refractivity contribution >= 4 is 5.97 Å². The van der Waals surface area contributed by atoms with E-state index in [0.717, 1.165) is 6.07 Å². The molecule has 0 saturated carbocycles. The normalized spacial score (nSPS) is 15.2. The topological polar surface area (TPSA) is 140 Å². The molecule has 1 unspecified atom stereocenters. The molecular weight excluding hydrogens is 398 g/mol. The van der Waals surface area contributed by atoms with Gasteiger partial charge in [0.1, 0.15) is 17.9 Å². The van der Waals surface area contributed by atoms with E-state index in [0.29, 0.717) is 22.8 Å². The summed E-state index contributed by atoms with van der Waals surface area (Å²) in [7, 11) is 5.52. The molecule has 0 fully saturated rings. The summed E-state index contributed by atoms with van der Waals surface area (Å²) in [5.41, 5.74) is 5.75. The van der Waals surface area contributed by atoms with Gasteiger partial charge in [0.15, 0.2) is 17.3 Å². The molecule has 3 N–H and O–H groups in total. The van der Waals surface area contributed by atoms with Crippen LogP contribution in [0.4, 0.5) is 0 Å². The van der Waals surface area contributed by atoms with Crippen LogP contribution in [0.25, 0.3) is 0 Å². The molecule has 3 rings (SSSR count). The van der Waals surface area contributed by atoms with Crippen LogP contribution in [0.5, 0.6) is 23.0 Å². The molecule has 10 nitrogen and oxygen atoms in total. The molecule has 2 aromatic rings. The van der Waals surface area contributed by atoms with Gasteiger partial charge in [0.05, 0.1) is 34.4 Å². The van der Waals surface area contributed by atoms with Crippen molar-refractivity contribution in [1.29, 1.82) is 0 Å². The summed E-state index contributed by atoms with van der Waals surface area (Å²) in [6, 6.07) is 4.26. The van der Waals surface area contributed by atoms with Gasteiger partial charge in [-0.05, 0) is 17.7 Å². The van der Waals surface area contributed by atoms with Gasteiger partial charge in [-0.3, -0.25) is 4.79 Å². The van der Waals surface area contributed by atoms with Gasteiger partial charge in [-0.1, -0.05) is 0 Å². The number of esters is 1. The third kappa shape index (κ3) is 3.41. The molecule has 0 aliphatic carbocycles. The zero-order valence-electron chi connectivity index (χ0n) is 16.8. The molecule has 160 valence electrons. The van der Waals surface area contributed by atoms with Crippen molar-refractivity contribution in [3.63, 3.8) is 0 Å². The predicted molar refractivity (Wildman–Crippen MR) is 103 cm³/mol. The quantitative estimate of drug-likeness (QED) is 0.652. The monoisotopic (exact) mass is 419 g/mol. The van der Waals surface area contributed by atoms with E-state index in [2.05, 4.69) is 0 Å². The lowest BCUT2D eigenvalue weighted by atomic mass is 9.86. The van der Waals surface area contributed by atoms with Gasteiger partial charge in [0, 0.05) is 6.07 Å². The fourth-order valence-electron chi connectivity index (χ4n) is 3.27. The van der Waals surface area contributed by atoms with Gasteiger partial charge in [-0.15, -0.1) is 0 Å². The lowest BCUT2D eigenvalue weighted by molar-refractivity contribution is -0.136. The molecule has 10 heteroatoms. The largest absolute Gasteiger partial charge is 0.493 e. The first-order valence-electron chi connectivity index (χ1n) is 8.73. The molecule has 0 saturated heterocycles. The molecule has 1 aliphatic heterocycles. The van der Waals surface area contributed by atoms with Crippen molar-refractivity contribution in [2.75, 3.05) is 28.4 Å². The standard InChI is InChI=1S/C20H21NO9/c1-25-12-5-9(6-13(26-2)17(12)27-3)14-15(20(24)28-4)19(21)30-16-11(23)7-10(8-22)29-18(14)16/h5-7,14,22H,8,21H2,1-4H3. The molecule has 0 bridgehead atoms. The maximum atomic E-state index is 12.5. The second-order valence-electron chi connectivity index (χ2n) is 6.19. The summed E-state index contributed by atoms with van der Waals surface area (Å²) in [6.07, 6.45) is 0. The van der Waals surface area contributed by atoms with E-state index in [-0.39, 0.29) is 28.7 Å². The number of ether oxygens (including phenoxy) is 5. The van der Waals surface area contributed by atoms with E-state index in [1.807, 2.05) is 0 Å². The first kappa shape index (κ1) is 21.1. The Morgan fingerprint density at radius 2 is 1.73 bits per heavy atom. The van der Waals surface area contributed by atoms with Gasteiger partial charge < -0.3 is 38.9 Å². The van der Waals surface area contributed by atoms with E-state index >= 15 is 0 Å². The van der Waals surface area contributed by atoms with Crippen LogP contribution in [-0.4, -0.2) is 39.5 Å². The third-order valence-electron chi connectivity index (χ3n) is 4.59. The smallest absolute Gasteiger partial charge is 0.340 e. The van der Waals surface area contributed by atoms with Crippen molar-refractivity contribution < 1.29 is 38.0 Å². The Balaban J connectivity index is 2.36. The Kier molecular flexibility index (Phi) is 5.88. The molecule has 30 heavy (non-hydrogen) atoms. The molecule has 0 radical (unpaired) electrons. The highest BCUT2D eigenvalue weighted by atomic mass is 16.5. The molecule has 1 atom stereocenters. The van der Waals surface area contributed by atoms with Crippen molar-refractivity contribution in [3.8, 4) is 23.0 Å². The van der Waals surface area contributed by atoms with Crippen LogP contribution in [-0.2, 0) is 16.1 Å². The minimum Gasteiger partial charge on any atom is -0.493 e. The van der Waals surface area contributed by atoms with Gasteiger partial charge in [-0.25, -0.2) is 4.79 Å². The van der Waals surface area contributed by atoms with Crippen molar-refractivity contribution in [2.24, 2.45) is 5.73 Å². The van der Waals surface area contributed by atoms with E-state index in [9.17, 15) is 14.7 Å². The molecule has 0 spiro atoms. The Morgan fingerprint density at radius 3 is 2.23 bits per heavy atom. The van der Waals surface area contributed by atoms with Crippen molar-refractivity contribution in [3.05, 3.63) is 57.0 Å². The van der Waals surface area contributed by atoms with E-state index < -0.39 is 23.9 Å². The second kappa shape index (κ2) is 8.37. The van der Waals surface area contributed by atoms with Crippen LogP contribution in [0, 0.1) is 0 Å². The highest BCUT2D eigenvalue weighted by molar-refractivity contribution is 5.92. The molecule has 1 aliphatic rings. The number of aliphatic hydroxyl groups is 1. The fraction of sp³-hybridized carbons (Fsp3) is 0.300. The van der Waals surface area contributed by atoms with Gasteiger partial charge >= 0.3 is 5.97 Å². The van der Waals surface area contributed by atoms with E-state index in [1.54, 1.807) is 12.1 Å². The van der Waals surface area contributed by atoms with Gasteiger partial charge in [0.25, 0.3) is 0 Å². The zero-order valence-corrected chi connectivity index (χ0v) is 16.8. The Morgan fingerprint density at radius 1 is 1.10 bits per heavy atom. The van der Waals surface area contributed by atoms with Crippen LogP contribution >= 0.6 is 0 Å². The van der Waals surface area contributed by atoms with Crippen LogP contribution < -0.4 is 30.1 Å². The van der Waals surface area contributed by atoms with Crippen LogP contribution in [0.2, 0.25) is 0 Å². The number of methoxy groups -OCH3 is 4. The SMILES string of the molecule is COC(=O)C1=C(N)Oc2c(oc(CO)cc2=O)C1c1cc(OC)c(OC)c(OC)c1. The van der Waals surface area contributed by atoms with E-state index in [1.165, 1.54) is 28.4 Å². The summed E-state index contributed by atoms with van der Waals surface area (Å²) < 4.78 is 32.0.